The molecule has 0 fully saturated rings. The number of halogens is 1. The zero-order chi connectivity index (χ0) is 10.2. The lowest BCUT2D eigenvalue weighted by atomic mass is 10.3. The molecule has 0 aliphatic rings. The van der Waals surface area contributed by atoms with Crippen molar-refractivity contribution in [2.75, 3.05) is 6.54 Å². The molecule has 0 atom stereocenters. The van der Waals surface area contributed by atoms with E-state index in [0.29, 0.717) is 18.5 Å². The Bertz CT molecular complexity index is 352. The second-order valence-corrected chi connectivity index (χ2v) is 2.43. The molecule has 0 aliphatic carbocycles. The highest BCUT2D eigenvalue weighted by Gasteiger charge is 1.90. The number of nitrogens with zero attached hydrogens (tertiary/aromatic N) is 5. The summed E-state index contributed by atoms with van der Waals surface area (Å²) in [4.78, 5) is 9.38. The molecule has 0 N–H and O–H groups in total. The van der Waals surface area contributed by atoms with Crippen molar-refractivity contribution in [2.45, 2.75) is 6.42 Å². The van der Waals surface area contributed by atoms with Crippen LogP contribution in [0, 0.1) is 6.08 Å². The predicted octanol–water partition coefficient (Wildman–Crippen LogP) is 2.33. The van der Waals surface area contributed by atoms with Crippen molar-refractivity contribution in [2.24, 2.45) is 5.11 Å². The molecule has 0 aliphatic heterocycles. The molecule has 0 spiro atoms. The van der Waals surface area contributed by atoms with E-state index in [1.54, 1.807) is 6.08 Å². The van der Waals surface area contributed by atoms with Gasteiger partial charge in [-0.2, -0.15) is 4.39 Å². The molecule has 1 aromatic rings. The van der Waals surface area contributed by atoms with Crippen LogP contribution in [0.15, 0.2) is 23.6 Å². The van der Waals surface area contributed by atoms with Crippen LogP contribution in [0.2, 0.25) is 0 Å². The van der Waals surface area contributed by atoms with Crippen molar-refractivity contribution in [3.05, 3.63) is 40.6 Å². The van der Waals surface area contributed by atoms with Gasteiger partial charge in [0.1, 0.15) is 0 Å². The van der Waals surface area contributed by atoms with Gasteiger partial charge in [0.15, 0.2) is 0 Å². The van der Waals surface area contributed by atoms with Crippen LogP contribution in [0.3, 0.4) is 0 Å². The first-order chi connectivity index (χ1) is 6.83. The van der Waals surface area contributed by atoms with Crippen LogP contribution in [0.1, 0.15) is 12.0 Å². The largest absolute Gasteiger partial charge is 0.308 e. The molecule has 0 saturated carbocycles. The number of rotatable bonds is 4. The second kappa shape index (κ2) is 5.66. The first-order valence-corrected chi connectivity index (χ1v) is 3.98. The summed E-state index contributed by atoms with van der Waals surface area (Å²) in [7, 11) is 0. The Morgan fingerprint density at radius 1 is 1.50 bits per heavy atom. The molecule has 0 aromatic carbocycles. The van der Waals surface area contributed by atoms with Crippen LogP contribution >= 0.6 is 0 Å². The maximum atomic E-state index is 12.3. The quantitative estimate of drug-likeness (QED) is 0.242. The molecule has 1 aromatic heterocycles. The summed E-state index contributed by atoms with van der Waals surface area (Å²) in [5.41, 5.74) is 8.70. The zero-order valence-electron chi connectivity index (χ0n) is 7.34. The molecule has 72 valence electrons. The molecule has 0 saturated heterocycles. The average molecular weight is 193 g/mol. The van der Waals surface area contributed by atoms with Crippen LogP contribution in [-0.2, 0) is 0 Å². The van der Waals surface area contributed by atoms with Crippen LogP contribution in [0.5, 0.6) is 0 Å². The first kappa shape index (κ1) is 10.1. The van der Waals surface area contributed by atoms with Gasteiger partial charge in [0.2, 0.25) is 0 Å². The van der Waals surface area contributed by atoms with Gasteiger partial charge in [0, 0.05) is 29.4 Å². The van der Waals surface area contributed by atoms with Gasteiger partial charge in [0.25, 0.3) is 0 Å². The Labute approximate surface area is 79.9 Å². The van der Waals surface area contributed by atoms with Crippen molar-refractivity contribution in [1.29, 1.82) is 0 Å². The SMILES string of the molecule is [N-]=[N+]=NCCC=Cc1cnc(F)nc1. The average Bonchev–Trinajstić information content (AvgIpc) is 2.21. The lowest BCUT2D eigenvalue weighted by molar-refractivity contribution is 0.538. The summed E-state index contributed by atoms with van der Waals surface area (Å²) in [6, 6.07) is 0. The van der Waals surface area contributed by atoms with E-state index >= 15 is 0 Å². The molecular formula is C8H8FN5. The molecular weight excluding hydrogens is 185 g/mol. The fourth-order valence-electron chi connectivity index (χ4n) is 0.805. The fraction of sp³-hybridized carbons (Fsp3) is 0.250. The van der Waals surface area contributed by atoms with Gasteiger partial charge < -0.3 is 0 Å². The maximum absolute atomic E-state index is 12.3. The fourth-order valence-corrected chi connectivity index (χ4v) is 0.805. The van der Waals surface area contributed by atoms with Crippen LogP contribution in [0.4, 0.5) is 4.39 Å². The van der Waals surface area contributed by atoms with Crippen LogP contribution < -0.4 is 0 Å². The second-order valence-electron chi connectivity index (χ2n) is 2.43. The summed E-state index contributed by atoms with van der Waals surface area (Å²) < 4.78 is 12.3. The zero-order valence-corrected chi connectivity index (χ0v) is 7.34. The number of hydrogen-bond donors (Lipinski definition) is 0. The van der Waals surface area contributed by atoms with Gasteiger partial charge in [-0.1, -0.05) is 17.3 Å². The van der Waals surface area contributed by atoms with Gasteiger partial charge in [-0.3, -0.25) is 0 Å². The molecule has 5 nitrogen and oxygen atoms in total. The Balaban J connectivity index is 2.43. The number of hydrogen-bond acceptors (Lipinski definition) is 3. The minimum absolute atomic E-state index is 0.412. The van der Waals surface area contributed by atoms with Crippen molar-refractivity contribution in [3.8, 4) is 0 Å². The summed E-state index contributed by atoms with van der Waals surface area (Å²) in [6.45, 7) is 0.412. The highest BCUT2D eigenvalue weighted by Crippen LogP contribution is 1.99. The van der Waals surface area contributed by atoms with E-state index < -0.39 is 6.08 Å². The minimum atomic E-state index is -0.740. The monoisotopic (exact) mass is 193 g/mol. The van der Waals surface area contributed by atoms with Crippen molar-refractivity contribution < 1.29 is 4.39 Å². The van der Waals surface area contributed by atoms with E-state index in [9.17, 15) is 4.39 Å². The van der Waals surface area contributed by atoms with E-state index in [1.807, 2.05) is 6.08 Å². The van der Waals surface area contributed by atoms with Gasteiger partial charge in [-0.05, 0) is 12.0 Å². The van der Waals surface area contributed by atoms with Crippen molar-refractivity contribution >= 4 is 6.08 Å². The van der Waals surface area contributed by atoms with Gasteiger partial charge in [-0.15, -0.1) is 0 Å². The van der Waals surface area contributed by atoms with E-state index in [4.69, 9.17) is 5.53 Å². The number of aromatic nitrogens is 2. The predicted molar refractivity (Wildman–Crippen MR) is 49.7 cm³/mol. The van der Waals surface area contributed by atoms with E-state index in [-0.39, 0.29) is 0 Å². The molecule has 14 heavy (non-hydrogen) atoms. The van der Waals surface area contributed by atoms with Gasteiger partial charge >= 0.3 is 6.08 Å². The smallest absolute Gasteiger partial charge is 0.210 e. The topological polar surface area (TPSA) is 74.5 Å². The van der Waals surface area contributed by atoms with E-state index in [1.165, 1.54) is 12.4 Å². The molecule has 0 amide bonds. The lowest BCUT2D eigenvalue weighted by Gasteiger charge is -1.90. The Morgan fingerprint density at radius 2 is 2.21 bits per heavy atom. The first-order valence-electron chi connectivity index (χ1n) is 3.98. The summed E-state index contributed by atoms with van der Waals surface area (Å²) in [5.74, 6) is 0. The van der Waals surface area contributed by atoms with Crippen LogP contribution in [0.25, 0.3) is 16.5 Å². The third kappa shape index (κ3) is 3.64. The Kier molecular flexibility index (Phi) is 4.10. The number of azide groups is 1. The molecule has 0 unspecified atom stereocenters. The van der Waals surface area contributed by atoms with E-state index in [2.05, 4.69) is 20.0 Å². The van der Waals surface area contributed by atoms with Crippen molar-refractivity contribution in [1.82, 2.24) is 9.97 Å². The van der Waals surface area contributed by atoms with Gasteiger partial charge in [-0.25, -0.2) is 9.97 Å². The minimum Gasteiger partial charge on any atom is -0.210 e. The lowest BCUT2D eigenvalue weighted by Crippen LogP contribution is -1.87. The van der Waals surface area contributed by atoms with E-state index in [0.717, 1.165) is 0 Å². The molecule has 0 bridgehead atoms. The molecule has 0 radical (unpaired) electrons. The standard InChI is InChI=1S/C8H8FN5/c9-8-11-5-7(6-12-8)3-1-2-4-13-14-10/h1,3,5-6H,2,4H2. The maximum Gasteiger partial charge on any atom is 0.308 e. The summed E-state index contributed by atoms with van der Waals surface area (Å²) >= 11 is 0. The van der Waals surface area contributed by atoms with Gasteiger partial charge in [0.05, 0.1) is 0 Å². The Hall–Kier alpha value is -1.94. The Morgan fingerprint density at radius 3 is 2.86 bits per heavy atom. The third-order valence-corrected chi connectivity index (χ3v) is 1.41. The summed E-state index contributed by atoms with van der Waals surface area (Å²) in [5, 5.41) is 3.36. The molecule has 1 rings (SSSR count). The molecule has 1 heterocycles. The van der Waals surface area contributed by atoms with Crippen molar-refractivity contribution in [3.63, 3.8) is 0 Å². The third-order valence-electron chi connectivity index (χ3n) is 1.41. The van der Waals surface area contributed by atoms with Crippen LogP contribution in [-0.4, -0.2) is 16.5 Å². The summed E-state index contributed by atoms with van der Waals surface area (Å²) in [6.07, 6.45) is 6.22. The highest BCUT2D eigenvalue weighted by atomic mass is 19.1. The highest BCUT2D eigenvalue weighted by molar-refractivity contribution is 5.45. The molecule has 6 heteroatoms. The normalized spacial score (nSPS) is 10.1.